The van der Waals surface area contributed by atoms with E-state index >= 15 is 0 Å². The van der Waals surface area contributed by atoms with Crippen LogP contribution >= 0.6 is 0 Å². The molecular weight excluding hydrogens is 342 g/mol. The number of benzene rings is 3. The molecule has 3 rings (SSSR count). The number of methoxy groups -OCH3 is 1. The summed E-state index contributed by atoms with van der Waals surface area (Å²) in [6.45, 7) is 0. The van der Waals surface area contributed by atoms with Crippen LogP contribution in [-0.4, -0.2) is 20.1 Å². The summed E-state index contributed by atoms with van der Waals surface area (Å²) >= 11 is 0. The number of hydrogen-bond acceptors (Lipinski definition) is 6. The van der Waals surface area contributed by atoms with E-state index in [0.717, 1.165) is 0 Å². The van der Waals surface area contributed by atoms with Gasteiger partial charge in [-0.15, -0.1) is 5.11 Å². The summed E-state index contributed by atoms with van der Waals surface area (Å²) in [4.78, 5) is -0.249. The van der Waals surface area contributed by atoms with Gasteiger partial charge in [-0.2, -0.15) is 13.5 Å². The Bertz CT molecular complexity index is 1060. The summed E-state index contributed by atoms with van der Waals surface area (Å²) < 4.78 is 37.4. The SMILES string of the molecule is COc1cc(/N=N/c2ccccc2)c2cc(S(=O)(=O)O)ccc2c1N. The first-order valence-electron chi connectivity index (χ1n) is 7.24. The quantitative estimate of drug-likeness (QED) is 0.414. The predicted molar refractivity (Wildman–Crippen MR) is 95.3 cm³/mol. The number of nitrogens with two attached hydrogens (primary N) is 1. The molecule has 0 radical (unpaired) electrons. The molecule has 3 N–H and O–H groups in total. The summed E-state index contributed by atoms with van der Waals surface area (Å²) in [6, 6.07) is 14.7. The number of nitrogens with zero attached hydrogens (tertiary/aromatic N) is 2. The predicted octanol–water partition coefficient (Wildman–Crippen LogP) is 4.09. The Morgan fingerprint density at radius 2 is 1.72 bits per heavy atom. The van der Waals surface area contributed by atoms with Crippen molar-refractivity contribution >= 4 is 38.0 Å². The highest BCUT2D eigenvalue weighted by molar-refractivity contribution is 7.85. The number of fused-ring (bicyclic) bond motifs is 1. The van der Waals surface area contributed by atoms with Crippen LogP contribution in [0, 0.1) is 0 Å². The van der Waals surface area contributed by atoms with Crippen LogP contribution in [0.1, 0.15) is 0 Å². The molecular formula is C17H15N3O4S. The van der Waals surface area contributed by atoms with Crippen LogP contribution in [0.5, 0.6) is 5.75 Å². The van der Waals surface area contributed by atoms with Gasteiger partial charge < -0.3 is 10.5 Å². The molecule has 0 aromatic heterocycles. The third-order valence-electron chi connectivity index (χ3n) is 3.64. The molecule has 3 aromatic carbocycles. The van der Waals surface area contributed by atoms with Crippen molar-refractivity contribution in [1.29, 1.82) is 0 Å². The smallest absolute Gasteiger partial charge is 0.294 e. The van der Waals surface area contributed by atoms with Crippen LogP contribution in [0.3, 0.4) is 0 Å². The Hall–Kier alpha value is -2.97. The number of hydrogen-bond donors (Lipinski definition) is 2. The molecule has 0 aliphatic rings. The molecule has 0 aliphatic heterocycles. The van der Waals surface area contributed by atoms with E-state index in [9.17, 15) is 13.0 Å². The number of anilines is 1. The molecule has 0 atom stereocenters. The van der Waals surface area contributed by atoms with E-state index in [1.807, 2.05) is 18.2 Å². The Kier molecular flexibility index (Phi) is 4.39. The zero-order valence-corrected chi connectivity index (χ0v) is 14.1. The second-order valence-electron chi connectivity index (χ2n) is 5.23. The third-order valence-corrected chi connectivity index (χ3v) is 4.49. The maximum Gasteiger partial charge on any atom is 0.294 e. The first kappa shape index (κ1) is 16.9. The average Bonchev–Trinajstić information content (AvgIpc) is 2.61. The van der Waals surface area contributed by atoms with Crippen LogP contribution < -0.4 is 10.5 Å². The largest absolute Gasteiger partial charge is 0.494 e. The highest BCUT2D eigenvalue weighted by Crippen LogP contribution is 2.39. The van der Waals surface area contributed by atoms with E-state index < -0.39 is 10.1 Å². The fourth-order valence-corrected chi connectivity index (χ4v) is 2.91. The molecule has 8 heteroatoms. The van der Waals surface area contributed by atoms with E-state index in [2.05, 4.69) is 10.2 Å². The molecule has 128 valence electrons. The van der Waals surface area contributed by atoms with Crippen LogP contribution in [0.4, 0.5) is 17.1 Å². The fourth-order valence-electron chi connectivity index (χ4n) is 2.40. The highest BCUT2D eigenvalue weighted by Gasteiger charge is 2.15. The maximum absolute atomic E-state index is 11.4. The molecule has 0 bridgehead atoms. The van der Waals surface area contributed by atoms with Gasteiger partial charge in [0.2, 0.25) is 0 Å². The first-order valence-corrected chi connectivity index (χ1v) is 8.68. The van der Waals surface area contributed by atoms with Crippen molar-refractivity contribution in [3.05, 3.63) is 54.6 Å². The lowest BCUT2D eigenvalue weighted by molar-refractivity contribution is 0.417. The van der Waals surface area contributed by atoms with Gasteiger partial charge in [-0.1, -0.05) is 24.3 Å². The zero-order chi connectivity index (χ0) is 18.0. The van der Waals surface area contributed by atoms with Crippen molar-refractivity contribution in [2.75, 3.05) is 12.8 Å². The molecule has 0 unspecified atom stereocenters. The van der Waals surface area contributed by atoms with Gasteiger partial charge >= 0.3 is 0 Å². The van der Waals surface area contributed by atoms with Crippen molar-refractivity contribution in [1.82, 2.24) is 0 Å². The minimum absolute atomic E-state index is 0.249. The molecule has 0 saturated carbocycles. The molecule has 3 aromatic rings. The molecule has 0 aliphatic carbocycles. The van der Waals surface area contributed by atoms with Gasteiger partial charge in [0.25, 0.3) is 10.1 Å². The summed E-state index contributed by atoms with van der Waals surface area (Å²) in [7, 11) is -2.88. The third kappa shape index (κ3) is 3.44. The molecule has 0 amide bonds. The van der Waals surface area contributed by atoms with Gasteiger partial charge in [-0.05, 0) is 24.3 Å². The van der Waals surface area contributed by atoms with Gasteiger partial charge in [0.05, 0.1) is 29.1 Å². The number of azo groups is 1. The molecule has 0 fully saturated rings. The van der Waals surface area contributed by atoms with Crippen LogP contribution in [0.25, 0.3) is 10.8 Å². The minimum atomic E-state index is -4.35. The van der Waals surface area contributed by atoms with Crippen molar-refractivity contribution in [2.24, 2.45) is 10.2 Å². The minimum Gasteiger partial charge on any atom is -0.494 e. The monoisotopic (exact) mass is 357 g/mol. The lowest BCUT2D eigenvalue weighted by Gasteiger charge is -2.11. The second-order valence-corrected chi connectivity index (χ2v) is 6.65. The van der Waals surface area contributed by atoms with Gasteiger partial charge in [-0.3, -0.25) is 4.55 Å². The van der Waals surface area contributed by atoms with E-state index in [0.29, 0.717) is 33.6 Å². The fraction of sp³-hybridized carbons (Fsp3) is 0.0588. The molecule has 25 heavy (non-hydrogen) atoms. The van der Waals surface area contributed by atoms with E-state index in [-0.39, 0.29) is 4.90 Å². The lowest BCUT2D eigenvalue weighted by Crippen LogP contribution is -1.99. The van der Waals surface area contributed by atoms with Crippen molar-refractivity contribution < 1.29 is 17.7 Å². The van der Waals surface area contributed by atoms with Crippen molar-refractivity contribution in [3.63, 3.8) is 0 Å². The van der Waals surface area contributed by atoms with Gasteiger partial charge in [-0.25, -0.2) is 0 Å². The summed E-state index contributed by atoms with van der Waals surface area (Å²) in [5.74, 6) is 0.397. The lowest BCUT2D eigenvalue weighted by atomic mass is 10.1. The Morgan fingerprint density at radius 3 is 2.36 bits per heavy atom. The van der Waals surface area contributed by atoms with Gasteiger partial charge in [0, 0.05) is 16.8 Å². The first-order chi connectivity index (χ1) is 11.9. The molecule has 0 saturated heterocycles. The van der Waals surface area contributed by atoms with Crippen LogP contribution in [0.2, 0.25) is 0 Å². The normalized spacial score (nSPS) is 11.9. The van der Waals surface area contributed by atoms with Gasteiger partial charge in [0.1, 0.15) is 5.75 Å². The summed E-state index contributed by atoms with van der Waals surface area (Å²) in [5, 5.41) is 9.32. The van der Waals surface area contributed by atoms with E-state index in [4.69, 9.17) is 10.5 Å². The Balaban J connectivity index is 2.24. The van der Waals surface area contributed by atoms with Crippen LogP contribution in [-0.2, 0) is 10.1 Å². The molecule has 0 heterocycles. The van der Waals surface area contributed by atoms with Crippen molar-refractivity contribution in [2.45, 2.75) is 4.90 Å². The topological polar surface area (TPSA) is 114 Å². The van der Waals surface area contributed by atoms with E-state index in [1.165, 1.54) is 25.3 Å². The summed E-state index contributed by atoms with van der Waals surface area (Å²) in [5.41, 5.74) is 7.41. The second kappa shape index (κ2) is 6.50. The zero-order valence-electron chi connectivity index (χ0n) is 13.2. The van der Waals surface area contributed by atoms with E-state index in [1.54, 1.807) is 18.2 Å². The van der Waals surface area contributed by atoms with Crippen molar-refractivity contribution in [3.8, 4) is 5.75 Å². The van der Waals surface area contributed by atoms with Crippen LogP contribution in [0.15, 0.2) is 69.7 Å². The number of rotatable bonds is 4. The average molecular weight is 357 g/mol. The maximum atomic E-state index is 11.4. The standard InChI is InChI=1S/C17H15N3O4S/c1-24-16-10-15(20-19-11-5-3-2-4-6-11)14-9-12(25(21,22)23)7-8-13(14)17(16)18/h2-10H,18H2,1H3,(H,21,22,23)/b20-19+. The Morgan fingerprint density at radius 1 is 1.00 bits per heavy atom. The molecule has 7 nitrogen and oxygen atoms in total. The Labute approximate surface area is 144 Å². The highest BCUT2D eigenvalue weighted by atomic mass is 32.2. The van der Waals surface area contributed by atoms with Gasteiger partial charge in [0.15, 0.2) is 0 Å². The number of nitrogen functional groups attached to an aromatic ring is 1. The molecule has 0 spiro atoms. The number of ether oxygens (including phenoxy) is 1. The summed E-state index contributed by atoms with van der Waals surface area (Å²) in [6.07, 6.45) is 0.